The van der Waals surface area contributed by atoms with E-state index in [9.17, 15) is 9.59 Å². The first-order chi connectivity index (χ1) is 16.7. The zero-order valence-corrected chi connectivity index (χ0v) is 20.6. The second kappa shape index (κ2) is 20.3. The first-order valence-corrected chi connectivity index (χ1v) is 12.0. The summed E-state index contributed by atoms with van der Waals surface area (Å²) in [6.45, 7) is 1.69. The first-order valence-electron chi connectivity index (χ1n) is 12.0. The Labute approximate surface area is 208 Å². The van der Waals surface area contributed by atoms with Crippen LogP contribution in [-0.4, -0.2) is 47.1 Å². The Bertz CT molecular complexity index is 818. The molecule has 0 saturated heterocycles. The number of aldehydes is 1. The van der Waals surface area contributed by atoms with E-state index in [0.29, 0.717) is 24.6 Å². The van der Waals surface area contributed by atoms with E-state index in [4.69, 9.17) is 32.2 Å². The quantitative estimate of drug-likeness (QED) is 0.287. The lowest BCUT2D eigenvalue weighted by Gasteiger charge is -2.15. The van der Waals surface area contributed by atoms with E-state index < -0.39 is 18.0 Å². The zero-order chi connectivity index (χ0) is 26.5. The number of nitrogens with two attached hydrogens (primary N) is 3. The van der Waals surface area contributed by atoms with Gasteiger partial charge < -0.3 is 27.4 Å². The van der Waals surface area contributed by atoms with Crippen LogP contribution >= 0.6 is 0 Å². The van der Waals surface area contributed by atoms with Crippen molar-refractivity contribution in [2.45, 2.75) is 70.4 Å². The summed E-state index contributed by atoms with van der Waals surface area (Å²) in [5.74, 6) is -1.77. The molecule has 194 valence electrons. The van der Waals surface area contributed by atoms with Crippen LogP contribution in [0.1, 0.15) is 68.6 Å². The molecule has 0 bridgehead atoms. The normalized spacial score (nSPS) is 13.4. The molecular weight excluding hydrogens is 446 g/mol. The van der Waals surface area contributed by atoms with E-state index in [1.54, 1.807) is 0 Å². The molecule has 0 unspecified atom stereocenters. The predicted octanol–water partition coefficient (Wildman–Crippen LogP) is 4.06. The number of benzene rings is 2. The number of carbonyl (C=O) groups is 3. The molecule has 35 heavy (non-hydrogen) atoms. The highest BCUT2D eigenvalue weighted by molar-refractivity contribution is 5.76. The van der Waals surface area contributed by atoms with Gasteiger partial charge in [-0.1, -0.05) is 80.3 Å². The van der Waals surface area contributed by atoms with Crippen LogP contribution in [0.3, 0.4) is 0 Å². The lowest BCUT2D eigenvalue weighted by atomic mass is 9.97. The molecule has 8 heteroatoms. The van der Waals surface area contributed by atoms with Crippen LogP contribution in [0.5, 0.6) is 0 Å². The molecule has 1 aliphatic carbocycles. The summed E-state index contributed by atoms with van der Waals surface area (Å²) in [7, 11) is 0. The molecule has 3 rings (SSSR count). The standard InChI is InChI=1S/C13H10O.C6H14N2O2.C6H13N.C2H4O2/c14-10-11-6-8-13(9-7-11)12-4-2-1-3-5-12;7-4-2-1-3-5(8)6(9)10;7-6-4-2-1-3-5-6;1-2(3)4/h1-10H;5H,1-4,7-8H2,(H,9,10);6H,1-5,7H2;1H3,(H,3,4)/t;5-;;/m.0../s1. The lowest BCUT2D eigenvalue weighted by molar-refractivity contribution is -0.138. The van der Waals surface area contributed by atoms with Crippen molar-refractivity contribution in [3.63, 3.8) is 0 Å². The Morgan fingerprint density at radius 3 is 1.86 bits per heavy atom. The summed E-state index contributed by atoms with van der Waals surface area (Å²) in [4.78, 5) is 29.6. The molecule has 0 aliphatic heterocycles. The van der Waals surface area contributed by atoms with Gasteiger partial charge >= 0.3 is 5.97 Å². The predicted molar refractivity (Wildman–Crippen MR) is 140 cm³/mol. The monoisotopic (exact) mass is 487 g/mol. The van der Waals surface area contributed by atoms with Crippen molar-refractivity contribution in [3.05, 3.63) is 60.2 Å². The van der Waals surface area contributed by atoms with Crippen molar-refractivity contribution in [2.75, 3.05) is 6.54 Å². The average Bonchev–Trinajstić information content (AvgIpc) is 2.85. The van der Waals surface area contributed by atoms with Crippen LogP contribution in [0, 0.1) is 0 Å². The van der Waals surface area contributed by atoms with Crippen LogP contribution in [0.25, 0.3) is 11.1 Å². The Hall–Kier alpha value is -3.07. The van der Waals surface area contributed by atoms with Crippen molar-refractivity contribution < 1.29 is 24.6 Å². The summed E-state index contributed by atoms with van der Waals surface area (Å²) in [5.41, 5.74) is 19.1. The van der Waals surface area contributed by atoms with Gasteiger partial charge in [0.25, 0.3) is 5.97 Å². The van der Waals surface area contributed by atoms with Crippen molar-refractivity contribution in [1.29, 1.82) is 0 Å². The molecule has 1 atom stereocenters. The third-order valence-corrected chi connectivity index (χ3v) is 5.09. The van der Waals surface area contributed by atoms with E-state index in [2.05, 4.69) is 12.1 Å². The van der Waals surface area contributed by atoms with E-state index in [1.807, 2.05) is 42.5 Å². The van der Waals surface area contributed by atoms with E-state index in [0.717, 1.165) is 31.6 Å². The fourth-order valence-electron chi connectivity index (χ4n) is 3.15. The Morgan fingerprint density at radius 2 is 1.46 bits per heavy atom. The molecule has 0 heterocycles. The lowest BCUT2D eigenvalue weighted by Crippen LogP contribution is -2.29. The fraction of sp³-hybridized carbons (Fsp3) is 0.444. The van der Waals surface area contributed by atoms with Gasteiger partial charge in [0.1, 0.15) is 12.3 Å². The maximum absolute atomic E-state index is 10.5. The Morgan fingerprint density at radius 1 is 0.943 bits per heavy atom. The van der Waals surface area contributed by atoms with Crippen LogP contribution in [-0.2, 0) is 9.59 Å². The second-order valence-electron chi connectivity index (χ2n) is 8.25. The van der Waals surface area contributed by atoms with Gasteiger partial charge in [0.05, 0.1) is 0 Å². The van der Waals surface area contributed by atoms with Gasteiger partial charge in [-0.15, -0.1) is 0 Å². The van der Waals surface area contributed by atoms with Gasteiger partial charge in [0.15, 0.2) is 0 Å². The minimum Gasteiger partial charge on any atom is -0.481 e. The molecule has 0 spiro atoms. The summed E-state index contributed by atoms with van der Waals surface area (Å²) >= 11 is 0. The van der Waals surface area contributed by atoms with Crippen molar-refractivity contribution in [3.8, 4) is 11.1 Å². The number of carboxylic acids is 2. The highest BCUT2D eigenvalue weighted by Crippen LogP contribution is 2.18. The topological polar surface area (TPSA) is 170 Å². The third-order valence-electron chi connectivity index (χ3n) is 5.09. The highest BCUT2D eigenvalue weighted by atomic mass is 16.4. The summed E-state index contributed by atoms with van der Waals surface area (Å²) < 4.78 is 0. The van der Waals surface area contributed by atoms with Crippen molar-refractivity contribution >= 4 is 18.2 Å². The molecule has 2 aromatic rings. The average molecular weight is 488 g/mol. The zero-order valence-electron chi connectivity index (χ0n) is 20.6. The SMILES string of the molecule is CC(=O)O.NC1CCCCC1.NCCCC[C@H](N)C(=O)O.O=Cc1ccc(-c2ccccc2)cc1. The summed E-state index contributed by atoms with van der Waals surface area (Å²) in [6, 6.07) is 17.5. The molecule has 0 radical (unpaired) electrons. The molecule has 2 aromatic carbocycles. The minimum atomic E-state index is -0.933. The molecule has 0 amide bonds. The van der Waals surface area contributed by atoms with Gasteiger partial charge in [-0.2, -0.15) is 0 Å². The Balaban J connectivity index is 0.000000483. The molecule has 8 N–H and O–H groups in total. The number of hydrogen-bond acceptors (Lipinski definition) is 6. The van der Waals surface area contributed by atoms with Gasteiger partial charge in [0, 0.05) is 18.5 Å². The van der Waals surface area contributed by atoms with Crippen LogP contribution in [0.15, 0.2) is 54.6 Å². The van der Waals surface area contributed by atoms with E-state index in [1.165, 1.54) is 37.7 Å². The van der Waals surface area contributed by atoms with Crippen LogP contribution < -0.4 is 17.2 Å². The fourth-order valence-corrected chi connectivity index (χ4v) is 3.15. The third kappa shape index (κ3) is 18.0. The first kappa shape index (κ1) is 31.9. The number of hydrogen-bond donors (Lipinski definition) is 5. The molecular formula is C27H41N3O5. The second-order valence-corrected chi connectivity index (χ2v) is 8.25. The molecule has 1 saturated carbocycles. The van der Waals surface area contributed by atoms with Gasteiger partial charge in [-0.05, 0) is 43.4 Å². The largest absolute Gasteiger partial charge is 0.481 e. The van der Waals surface area contributed by atoms with Crippen molar-refractivity contribution in [1.82, 2.24) is 0 Å². The van der Waals surface area contributed by atoms with Gasteiger partial charge in [-0.3, -0.25) is 14.4 Å². The maximum Gasteiger partial charge on any atom is 0.320 e. The maximum atomic E-state index is 10.5. The van der Waals surface area contributed by atoms with Crippen LogP contribution in [0.2, 0.25) is 0 Å². The summed E-state index contributed by atoms with van der Waals surface area (Å²) in [5, 5.41) is 15.7. The number of aliphatic carboxylic acids is 2. The van der Waals surface area contributed by atoms with Crippen LogP contribution in [0.4, 0.5) is 0 Å². The molecule has 0 aromatic heterocycles. The van der Waals surface area contributed by atoms with Gasteiger partial charge in [0.2, 0.25) is 0 Å². The van der Waals surface area contributed by atoms with E-state index in [-0.39, 0.29) is 0 Å². The number of unbranched alkanes of at least 4 members (excludes halogenated alkanes) is 1. The van der Waals surface area contributed by atoms with Gasteiger partial charge in [-0.25, -0.2) is 0 Å². The Kier molecular flexibility index (Phi) is 18.5. The smallest absolute Gasteiger partial charge is 0.320 e. The van der Waals surface area contributed by atoms with E-state index >= 15 is 0 Å². The molecule has 1 aliphatic rings. The molecule has 1 fully saturated rings. The van der Waals surface area contributed by atoms with Crippen molar-refractivity contribution in [2.24, 2.45) is 17.2 Å². The molecule has 8 nitrogen and oxygen atoms in total. The highest BCUT2D eigenvalue weighted by Gasteiger charge is 2.09. The number of rotatable bonds is 7. The minimum absolute atomic E-state index is 0.520. The number of carboxylic acid groups (broad SMARTS) is 2. The number of carbonyl (C=O) groups excluding carboxylic acids is 1. The summed E-state index contributed by atoms with van der Waals surface area (Å²) in [6.07, 6.45) is 9.68.